The van der Waals surface area contributed by atoms with Crippen LogP contribution in [0.15, 0.2) is 28.5 Å². The van der Waals surface area contributed by atoms with Gasteiger partial charge >= 0.3 is 0 Å². The highest BCUT2D eigenvalue weighted by atomic mass is 32.2. The molecule has 94 valence electrons. The average Bonchev–Trinajstić information content (AvgIpc) is 2.98. The van der Waals surface area contributed by atoms with Gasteiger partial charge in [-0.1, -0.05) is 12.8 Å². The molecule has 18 heavy (non-hydrogen) atoms. The third kappa shape index (κ3) is 2.31. The van der Waals surface area contributed by atoms with E-state index in [9.17, 15) is 0 Å². The third-order valence-corrected chi connectivity index (χ3v) is 3.97. The van der Waals surface area contributed by atoms with Crippen LogP contribution in [0.1, 0.15) is 31.7 Å². The molecule has 0 radical (unpaired) electrons. The Hall–Kier alpha value is -1.63. The van der Waals surface area contributed by atoms with Gasteiger partial charge in [0.15, 0.2) is 0 Å². The van der Waals surface area contributed by atoms with Crippen molar-refractivity contribution < 1.29 is 0 Å². The number of nitrogens with two attached hydrogens (primary N) is 1. The van der Waals surface area contributed by atoms with Crippen LogP contribution in [-0.2, 0) is 0 Å². The van der Waals surface area contributed by atoms with Crippen molar-refractivity contribution in [3.63, 3.8) is 0 Å². The number of nitrogen functional groups attached to an aromatic ring is 1. The molecule has 0 spiro atoms. The first-order chi connectivity index (χ1) is 8.83. The van der Waals surface area contributed by atoms with Crippen molar-refractivity contribution >= 4 is 17.4 Å². The lowest BCUT2D eigenvalue weighted by atomic mass is 10.3. The molecule has 1 aliphatic carbocycles. The van der Waals surface area contributed by atoms with Crippen LogP contribution in [0, 0.1) is 0 Å². The lowest BCUT2D eigenvalue weighted by molar-refractivity contribution is 0.423. The quantitative estimate of drug-likeness (QED) is 0.910. The van der Waals surface area contributed by atoms with Gasteiger partial charge < -0.3 is 5.73 Å². The van der Waals surface area contributed by atoms with Crippen molar-refractivity contribution in [1.29, 1.82) is 0 Å². The molecule has 0 saturated heterocycles. The fourth-order valence-corrected chi connectivity index (χ4v) is 3.06. The summed E-state index contributed by atoms with van der Waals surface area (Å²) in [7, 11) is 0. The van der Waals surface area contributed by atoms with Gasteiger partial charge in [-0.15, -0.1) is 5.10 Å². The molecule has 1 saturated carbocycles. The minimum atomic E-state index is 0.434. The monoisotopic (exact) mass is 262 g/mol. The molecule has 0 aromatic carbocycles. The Morgan fingerprint density at radius 1 is 1.33 bits per heavy atom. The predicted molar refractivity (Wildman–Crippen MR) is 68.1 cm³/mol. The van der Waals surface area contributed by atoms with Crippen LogP contribution >= 0.6 is 11.8 Å². The predicted octanol–water partition coefficient (Wildman–Crippen LogP) is 1.92. The third-order valence-electron chi connectivity index (χ3n) is 3.09. The summed E-state index contributed by atoms with van der Waals surface area (Å²) in [5.41, 5.74) is 6.44. The molecule has 0 aliphatic heterocycles. The fraction of sp³-hybridized carbons (Fsp3) is 0.455. The molecule has 3 rings (SSSR count). The molecule has 6 nitrogen and oxygen atoms in total. The SMILES string of the molecule is Nc1ccnc(Sc2nnnn2C2CCCC2)c1. The topological polar surface area (TPSA) is 82.5 Å². The van der Waals surface area contributed by atoms with Crippen molar-refractivity contribution in [1.82, 2.24) is 25.2 Å². The summed E-state index contributed by atoms with van der Waals surface area (Å²) < 4.78 is 1.92. The number of nitrogens with zero attached hydrogens (tertiary/aromatic N) is 5. The molecular formula is C11H14N6S. The fourth-order valence-electron chi connectivity index (χ4n) is 2.20. The first kappa shape index (κ1) is 11.5. The van der Waals surface area contributed by atoms with E-state index in [4.69, 9.17) is 5.73 Å². The van der Waals surface area contributed by atoms with Gasteiger partial charge in [0.2, 0.25) is 5.16 Å². The molecule has 2 aromatic rings. The molecule has 1 aliphatic rings. The molecular weight excluding hydrogens is 248 g/mol. The minimum Gasteiger partial charge on any atom is -0.399 e. The highest BCUT2D eigenvalue weighted by Gasteiger charge is 2.22. The van der Waals surface area contributed by atoms with Crippen LogP contribution in [0.3, 0.4) is 0 Å². The van der Waals surface area contributed by atoms with E-state index in [1.54, 1.807) is 12.3 Å². The van der Waals surface area contributed by atoms with E-state index in [1.165, 1.54) is 24.6 Å². The second-order valence-corrected chi connectivity index (χ2v) is 5.36. The molecule has 0 bridgehead atoms. The molecule has 0 unspecified atom stereocenters. The summed E-state index contributed by atoms with van der Waals surface area (Å²) in [4.78, 5) is 4.26. The Bertz CT molecular complexity index is 534. The van der Waals surface area contributed by atoms with Gasteiger partial charge in [-0.25, -0.2) is 9.67 Å². The van der Waals surface area contributed by atoms with Crippen molar-refractivity contribution in [2.45, 2.75) is 41.9 Å². The highest BCUT2D eigenvalue weighted by molar-refractivity contribution is 7.99. The zero-order valence-electron chi connectivity index (χ0n) is 9.86. The van der Waals surface area contributed by atoms with Crippen LogP contribution in [0.2, 0.25) is 0 Å². The number of aromatic nitrogens is 5. The van der Waals surface area contributed by atoms with E-state index in [2.05, 4.69) is 20.5 Å². The Labute approximate surface area is 109 Å². The molecule has 0 amide bonds. The van der Waals surface area contributed by atoms with Gasteiger partial charge in [0, 0.05) is 11.9 Å². The van der Waals surface area contributed by atoms with Gasteiger partial charge in [0.05, 0.1) is 6.04 Å². The van der Waals surface area contributed by atoms with E-state index in [0.29, 0.717) is 11.7 Å². The Morgan fingerprint density at radius 3 is 2.94 bits per heavy atom. The summed E-state index contributed by atoms with van der Waals surface area (Å²) in [6.07, 6.45) is 6.52. The van der Waals surface area contributed by atoms with Crippen LogP contribution in [-0.4, -0.2) is 25.2 Å². The number of rotatable bonds is 3. The lowest BCUT2D eigenvalue weighted by Gasteiger charge is -2.10. The normalized spacial score (nSPS) is 16.2. The molecule has 2 heterocycles. The summed E-state index contributed by atoms with van der Waals surface area (Å²) in [5, 5.41) is 13.5. The Morgan fingerprint density at radius 2 is 2.17 bits per heavy atom. The van der Waals surface area contributed by atoms with E-state index in [-0.39, 0.29) is 0 Å². The van der Waals surface area contributed by atoms with Crippen LogP contribution in [0.4, 0.5) is 5.69 Å². The molecule has 2 aromatic heterocycles. The second-order valence-electron chi connectivity index (χ2n) is 4.37. The Kier molecular flexibility index (Phi) is 3.14. The van der Waals surface area contributed by atoms with E-state index >= 15 is 0 Å². The van der Waals surface area contributed by atoms with Gasteiger partial charge in [-0.3, -0.25) is 0 Å². The van der Waals surface area contributed by atoms with Gasteiger partial charge in [-0.05, 0) is 47.2 Å². The zero-order valence-corrected chi connectivity index (χ0v) is 10.7. The lowest BCUT2D eigenvalue weighted by Crippen LogP contribution is -2.08. The number of pyridine rings is 1. The summed E-state index contributed by atoms with van der Waals surface area (Å²) >= 11 is 1.46. The van der Waals surface area contributed by atoms with Crippen molar-refractivity contribution in [2.24, 2.45) is 0 Å². The second kappa shape index (κ2) is 4.93. The maximum absolute atomic E-state index is 5.74. The first-order valence-electron chi connectivity index (χ1n) is 6.00. The minimum absolute atomic E-state index is 0.434. The summed E-state index contributed by atoms with van der Waals surface area (Å²) in [6, 6.07) is 4.03. The van der Waals surface area contributed by atoms with E-state index in [0.717, 1.165) is 23.0 Å². The van der Waals surface area contributed by atoms with E-state index < -0.39 is 0 Å². The molecule has 0 atom stereocenters. The summed E-state index contributed by atoms with van der Waals surface area (Å²) in [5.74, 6) is 0. The van der Waals surface area contributed by atoms with E-state index in [1.807, 2.05) is 10.7 Å². The standard InChI is InChI=1S/C11H14N6S/c12-8-5-6-13-10(7-8)18-11-14-15-16-17(11)9-3-1-2-4-9/h5-7,9H,1-4H2,(H2,12,13). The van der Waals surface area contributed by atoms with Crippen molar-refractivity contribution in [2.75, 3.05) is 5.73 Å². The van der Waals surface area contributed by atoms with Gasteiger partial charge in [0.25, 0.3) is 0 Å². The average molecular weight is 262 g/mol. The Balaban J connectivity index is 1.82. The number of hydrogen-bond acceptors (Lipinski definition) is 6. The smallest absolute Gasteiger partial charge is 0.215 e. The number of anilines is 1. The largest absolute Gasteiger partial charge is 0.399 e. The molecule has 1 fully saturated rings. The first-order valence-corrected chi connectivity index (χ1v) is 6.82. The molecule has 2 N–H and O–H groups in total. The maximum Gasteiger partial charge on any atom is 0.215 e. The van der Waals surface area contributed by atoms with Crippen LogP contribution < -0.4 is 5.73 Å². The molecule has 7 heteroatoms. The van der Waals surface area contributed by atoms with Crippen molar-refractivity contribution in [3.05, 3.63) is 18.3 Å². The van der Waals surface area contributed by atoms with Crippen LogP contribution in [0.5, 0.6) is 0 Å². The number of tetrazole rings is 1. The van der Waals surface area contributed by atoms with Gasteiger partial charge in [-0.2, -0.15) is 0 Å². The number of hydrogen-bond donors (Lipinski definition) is 1. The zero-order chi connectivity index (χ0) is 12.4. The van der Waals surface area contributed by atoms with Gasteiger partial charge in [0.1, 0.15) is 5.03 Å². The highest BCUT2D eigenvalue weighted by Crippen LogP contribution is 2.33. The maximum atomic E-state index is 5.74. The summed E-state index contributed by atoms with van der Waals surface area (Å²) in [6.45, 7) is 0. The van der Waals surface area contributed by atoms with Crippen molar-refractivity contribution in [3.8, 4) is 0 Å². The van der Waals surface area contributed by atoms with Crippen LogP contribution in [0.25, 0.3) is 0 Å².